The highest BCUT2D eigenvalue weighted by Gasteiger charge is 2.00. The van der Waals surface area contributed by atoms with Gasteiger partial charge in [0.2, 0.25) is 0 Å². The Labute approximate surface area is 122 Å². The maximum Gasteiger partial charge on any atom is 0.0406 e. The van der Waals surface area contributed by atoms with Crippen molar-refractivity contribution < 1.29 is 0 Å². The van der Waals surface area contributed by atoms with E-state index in [2.05, 4.69) is 48.1 Å². The van der Waals surface area contributed by atoms with Crippen LogP contribution in [0.5, 0.6) is 0 Å². The second-order valence-electron chi connectivity index (χ2n) is 5.31. The fraction of sp³-hybridized carbons (Fsp3) is 0.444. The number of aromatic nitrogens is 2. The van der Waals surface area contributed by atoms with Crippen molar-refractivity contribution in [3.63, 3.8) is 0 Å². The summed E-state index contributed by atoms with van der Waals surface area (Å²) in [5.74, 6) is 0. The van der Waals surface area contributed by atoms with Crippen LogP contribution < -0.4 is 0 Å². The molecule has 2 nitrogen and oxygen atoms in total. The molecule has 2 rings (SSSR count). The Morgan fingerprint density at radius 3 is 1.55 bits per heavy atom. The summed E-state index contributed by atoms with van der Waals surface area (Å²) in [6.07, 6.45) is 10.5. The van der Waals surface area contributed by atoms with Gasteiger partial charge in [0.25, 0.3) is 0 Å². The molecule has 0 spiro atoms. The summed E-state index contributed by atoms with van der Waals surface area (Å²) in [6.45, 7) is 4.39. The van der Waals surface area contributed by atoms with E-state index in [1.54, 1.807) is 0 Å². The van der Waals surface area contributed by atoms with Gasteiger partial charge >= 0.3 is 0 Å². The molecule has 2 heteroatoms. The van der Waals surface area contributed by atoms with Gasteiger partial charge in [-0.1, -0.05) is 26.7 Å². The molecule has 2 aromatic heterocycles. The number of aryl methyl sites for hydroxylation is 4. The van der Waals surface area contributed by atoms with E-state index in [0.717, 1.165) is 38.5 Å². The molecule has 0 saturated carbocycles. The van der Waals surface area contributed by atoms with Gasteiger partial charge in [0.15, 0.2) is 0 Å². The standard InChI is InChI=1S/C18H24N2/c1-3-5-17-13-15(9-11-19-17)7-8-16-10-12-20-18(14-16)6-4-2/h9-14H,3-8H2,1-2H3. The van der Waals surface area contributed by atoms with Crippen molar-refractivity contribution in [1.82, 2.24) is 9.97 Å². The van der Waals surface area contributed by atoms with E-state index in [0.29, 0.717) is 0 Å². The monoisotopic (exact) mass is 268 g/mol. The third-order valence-corrected chi connectivity index (χ3v) is 3.48. The smallest absolute Gasteiger partial charge is 0.0406 e. The third kappa shape index (κ3) is 4.44. The van der Waals surface area contributed by atoms with E-state index >= 15 is 0 Å². The molecule has 0 bridgehead atoms. The molecule has 0 aliphatic heterocycles. The van der Waals surface area contributed by atoms with Crippen molar-refractivity contribution >= 4 is 0 Å². The molecule has 0 aliphatic carbocycles. The summed E-state index contributed by atoms with van der Waals surface area (Å²) in [6, 6.07) is 8.76. The average Bonchev–Trinajstić information content (AvgIpc) is 2.47. The van der Waals surface area contributed by atoms with Gasteiger partial charge in [-0.25, -0.2) is 0 Å². The van der Waals surface area contributed by atoms with Crippen molar-refractivity contribution in [3.8, 4) is 0 Å². The molecule has 0 fully saturated rings. The predicted octanol–water partition coefficient (Wildman–Crippen LogP) is 4.17. The highest BCUT2D eigenvalue weighted by Crippen LogP contribution is 2.10. The summed E-state index contributed by atoms with van der Waals surface area (Å²) in [5, 5.41) is 0. The van der Waals surface area contributed by atoms with Gasteiger partial charge in [0.05, 0.1) is 0 Å². The Kier molecular flexibility index (Phi) is 5.72. The maximum atomic E-state index is 4.41. The Morgan fingerprint density at radius 2 is 1.15 bits per heavy atom. The predicted molar refractivity (Wildman–Crippen MR) is 83.9 cm³/mol. The molecule has 2 aromatic rings. The molecular weight excluding hydrogens is 244 g/mol. The minimum atomic E-state index is 1.07. The van der Waals surface area contributed by atoms with Crippen LogP contribution in [0.3, 0.4) is 0 Å². The largest absolute Gasteiger partial charge is 0.261 e. The molecule has 106 valence electrons. The van der Waals surface area contributed by atoms with Crippen molar-refractivity contribution in [3.05, 3.63) is 59.2 Å². The van der Waals surface area contributed by atoms with Crippen LogP contribution >= 0.6 is 0 Å². The molecular formula is C18H24N2. The van der Waals surface area contributed by atoms with E-state index in [1.807, 2.05) is 12.4 Å². The summed E-state index contributed by atoms with van der Waals surface area (Å²) in [4.78, 5) is 8.83. The van der Waals surface area contributed by atoms with Crippen molar-refractivity contribution in [2.75, 3.05) is 0 Å². The SMILES string of the molecule is CCCc1cc(CCc2ccnc(CCC)c2)ccn1. The Bertz CT molecular complexity index is 485. The van der Waals surface area contributed by atoms with Crippen LogP contribution in [-0.4, -0.2) is 9.97 Å². The lowest BCUT2D eigenvalue weighted by Gasteiger charge is -2.06. The number of rotatable bonds is 7. The number of pyridine rings is 2. The van der Waals surface area contributed by atoms with Crippen LogP contribution in [0.1, 0.15) is 49.2 Å². The highest BCUT2D eigenvalue weighted by molar-refractivity contribution is 5.21. The van der Waals surface area contributed by atoms with E-state index < -0.39 is 0 Å². The lowest BCUT2D eigenvalue weighted by atomic mass is 10.0. The summed E-state index contributed by atoms with van der Waals surface area (Å²) >= 11 is 0. The van der Waals surface area contributed by atoms with Crippen LogP contribution in [0.25, 0.3) is 0 Å². The first-order valence-corrected chi connectivity index (χ1v) is 7.69. The summed E-state index contributed by atoms with van der Waals surface area (Å²) in [5.41, 5.74) is 5.20. The summed E-state index contributed by atoms with van der Waals surface area (Å²) < 4.78 is 0. The van der Waals surface area contributed by atoms with Crippen LogP contribution in [-0.2, 0) is 25.7 Å². The van der Waals surface area contributed by atoms with Crippen LogP contribution in [0.2, 0.25) is 0 Å². The van der Waals surface area contributed by atoms with Crippen molar-refractivity contribution in [2.45, 2.75) is 52.4 Å². The highest BCUT2D eigenvalue weighted by atomic mass is 14.7. The maximum absolute atomic E-state index is 4.41. The zero-order chi connectivity index (χ0) is 14.2. The van der Waals surface area contributed by atoms with Crippen LogP contribution in [0, 0.1) is 0 Å². The Balaban J connectivity index is 1.97. The minimum Gasteiger partial charge on any atom is -0.261 e. The second-order valence-corrected chi connectivity index (χ2v) is 5.31. The van der Waals surface area contributed by atoms with Crippen molar-refractivity contribution in [1.29, 1.82) is 0 Å². The van der Waals surface area contributed by atoms with E-state index in [1.165, 1.54) is 22.5 Å². The van der Waals surface area contributed by atoms with Gasteiger partial charge in [0.1, 0.15) is 0 Å². The molecule has 0 aliphatic rings. The first kappa shape index (κ1) is 14.7. The number of nitrogens with zero attached hydrogens (tertiary/aromatic N) is 2. The van der Waals surface area contributed by atoms with Crippen molar-refractivity contribution in [2.24, 2.45) is 0 Å². The van der Waals surface area contributed by atoms with Gasteiger partial charge < -0.3 is 0 Å². The quantitative estimate of drug-likeness (QED) is 0.753. The van der Waals surface area contributed by atoms with E-state index in [-0.39, 0.29) is 0 Å². The van der Waals surface area contributed by atoms with Gasteiger partial charge in [-0.2, -0.15) is 0 Å². The van der Waals surface area contributed by atoms with Gasteiger partial charge in [0, 0.05) is 23.8 Å². The normalized spacial score (nSPS) is 10.7. The number of hydrogen-bond donors (Lipinski definition) is 0. The minimum absolute atomic E-state index is 1.07. The molecule has 0 radical (unpaired) electrons. The van der Waals surface area contributed by atoms with Gasteiger partial charge in [-0.05, 0) is 61.1 Å². The average molecular weight is 268 g/mol. The second kappa shape index (κ2) is 7.78. The van der Waals surface area contributed by atoms with E-state index in [4.69, 9.17) is 0 Å². The molecule has 0 amide bonds. The van der Waals surface area contributed by atoms with Gasteiger partial charge in [-0.3, -0.25) is 9.97 Å². The third-order valence-electron chi connectivity index (χ3n) is 3.48. The Morgan fingerprint density at radius 1 is 0.700 bits per heavy atom. The van der Waals surface area contributed by atoms with E-state index in [9.17, 15) is 0 Å². The Hall–Kier alpha value is -1.70. The summed E-state index contributed by atoms with van der Waals surface area (Å²) in [7, 11) is 0. The van der Waals surface area contributed by atoms with Gasteiger partial charge in [-0.15, -0.1) is 0 Å². The first-order chi connectivity index (χ1) is 9.81. The molecule has 0 unspecified atom stereocenters. The lowest BCUT2D eigenvalue weighted by Crippen LogP contribution is -1.97. The molecule has 0 atom stereocenters. The molecule has 20 heavy (non-hydrogen) atoms. The molecule has 0 saturated heterocycles. The zero-order valence-electron chi connectivity index (χ0n) is 12.6. The van der Waals surface area contributed by atoms with Crippen LogP contribution in [0.4, 0.5) is 0 Å². The first-order valence-electron chi connectivity index (χ1n) is 7.69. The van der Waals surface area contributed by atoms with Crippen LogP contribution in [0.15, 0.2) is 36.7 Å². The molecule has 0 N–H and O–H groups in total. The fourth-order valence-electron chi connectivity index (χ4n) is 2.44. The molecule has 0 aromatic carbocycles. The number of hydrogen-bond acceptors (Lipinski definition) is 2. The topological polar surface area (TPSA) is 25.8 Å². The fourth-order valence-corrected chi connectivity index (χ4v) is 2.44. The zero-order valence-corrected chi connectivity index (χ0v) is 12.6. The molecule has 2 heterocycles. The lowest BCUT2D eigenvalue weighted by molar-refractivity contribution is 0.859.